The molecule has 3 aromatic rings. The van der Waals surface area contributed by atoms with Gasteiger partial charge in [-0.2, -0.15) is 0 Å². The Kier molecular flexibility index (Phi) is 3.27. The van der Waals surface area contributed by atoms with Crippen LogP contribution in [-0.4, -0.2) is 31.3 Å². The van der Waals surface area contributed by atoms with Gasteiger partial charge in [0.1, 0.15) is 11.9 Å². The summed E-state index contributed by atoms with van der Waals surface area (Å²) in [4.78, 5) is 4.32. The third kappa shape index (κ3) is 2.55. The van der Waals surface area contributed by atoms with Crippen LogP contribution >= 0.6 is 0 Å². The molecule has 0 bridgehead atoms. The number of nitrogens with zero attached hydrogens (tertiary/aromatic N) is 5. The van der Waals surface area contributed by atoms with Crippen LogP contribution in [0, 0.1) is 0 Å². The number of benzene rings is 1. The summed E-state index contributed by atoms with van der Waals surface area (Å²) in [7, 11) is 0. The van der Waals surface area contributed by atoms with E-state index in [1.807, 2.05) is 41.1 Å². The van der Waals surface area contributed by atoms with E-state index in [1.54, 1.807) is 6.20 Å². The number of ether oxygens (including phenoxy) is 1. The molecule has 0 spiro atoms. The lowest BCUT2D eigenvalue weighted by Gasteiger charge is -2.11. The molecule has 0 fully saturated rings. The second-order valence-electron chi connectivity index (χ2n) is 5.33. The number of hydrogen-bond donors (Lipinski definition) is 0. The smallest absolute Gasteiger partial charge is 0.157 e. The van der Waals surface area contributed by atoms with E-state index in [2.05, 4.69) is 26.6 Å². The highest BCUT2D eigenvalue weighted by molar-refractivity contribution is 5.37. The van der Waals surface area contributed by atoms with E-state index in [1.165, 1.54) is 5.56 Å². The minimum absolute atomic E-state index is 0.0726. The minimum atomic E-state index is 0.0726. The first-order valence-electron chi connectivity index (χ1n) is 7.28. The summed E-state index contributed by atoms with van der Waals surface area (Å²) in [6.07, 6.45) is 3.36. The van der Waals surface area contributed by atoms with Gasteiger partial charge in [0.05, 0.1) is 13.0 Å². The summed E-state index contributed by atoms with van der Waals surface area (Å²) in [5.74, 6) is 1.77. The number of para-hydroxylation sites is 1. The Morgan fingerprint density at radius 3 is 2.91 bits per heavy atom. The number of aromatic nitrogens is 5. The van der Waals surface area contributed by atoms with Crippen molar-refractivity contribution < 1.29 is 4.74 Å². The van der Waals surface area contributed by atoms with Gasteiger partial charge in [-0.1, -0.05) is 24.3 Å². The van der Waals surface area contributed by atoms with Crippen molar-refractivity contribution >= 4 is 0 Å². The minimum Gasteiger partial charge on any atom is -0.488 e. The van der Waals surface area contributed by atoms with Crippen LogP contribution in [0.5, 0.6) is 5.75 Å². The summed E-state index contributed by atoms with van der Waals surface area (Å²) in [5, 5.41) is 12.0. The molecule has 22 heavy (non-hydrogen) atoms. The molecular formula is C16H15N5O. The Morgan fingerprint density at radius 2 is 2.05 bits per heavy atom. The Balaban J connectivity index is 1.48. The number of pyridine rings is 1. The largest absolute Gasteiger partial charge is 0.488 e. The Hall–Kier alpha value is -2.76. The predicted octanol–water partition coefficient (Wildman–Crippen LogP) is 1.66. The second-order valence-corrected chi connectivity index (χ2v) is 5.33. The molecule has 0 radical (unpaired) electrons. The standard InChI is InChI=1S/C16H15N5O/c1-2-7-15-12(5-1)9-14(22-15)11-21-16(18-19-20-21)10-13-6-3-4-8-17-13/h1-8,14H,9-11H2. The van der Waals surface area contributed by atoms with Crippen LogP contribution in [0.15, 0.2) is 48.7 Å². The molecule has 0 N–H and O–H groups in total. The monoisotopic (exact) mass is 293 g/mol. The maximum atomic E-state index is 5.95. The second kappa shape index (κ2) is 5.55. The van der Waals surface area contributed by atoms with Gasteiger partial charge in [-0.25, -0.2) is 4.68 Å². The van der Waals surface area contributed by atoms with Gasteiger partial charge in [-0.3, -0.25) is 4.98 Å². The quantitative estimate of drug-likeness (QED) is 0.732. The predicted molar refractivity (Wildman–Crippen MR) is 79.4 cm³/mol. The molecule has 2 aromatic heterocycles. The zero-order valence-electron chi connectivity index (χ0n) is 12.0. The van der Waals surface area contributed by atoms with Crippen molar-refractivity contribution in [3.8, 4) is 5.75 Å². The highest BCUT2D eigenvalue weighted by Crippen LogP contribution is 2.28. The molecule has 4 rings (SSSR count). The molecular weight excluding hydrogens is 278 g/mol. The first kappa shape index (κ1) is 12.9. The fourth-order valence-corrected chi connectivity index (χ4v) is 2.70. The van der Waals surface area contributed by atoms with Crippen molar-refractivity contribution in [2.24, 2.45) is 0 Å². The lowest BCUT2D eigenvalue weighted by Crippen LogP contribution is -2.23. The maximum absolute atomic E-state index is 5.95. The van der Waals surface area contributed by atoms with Crippen LogP contribution in [0.2, 0.25) is 0 Å². The summed E-state index contributed by atoms with van der Waals surface area (Å²) in [6.45, 7) is 0.643. The van der Waals surface area contributed by atoms with E-state index in [0.29, 0.717) is 13.0 Å². The van der Waals surface area contributed by atoms with E-state index in [9.17, 15) is 0 Å². The van der Waals surface area contributed by atoms with Crippen LogP contribution < -0.4 is 4.74 Å². The van der Waals surface area contributed by atoms with Crippen molar-refractivity contribution in [2.75, 3.05) is 0 Å². The molecule has 1 aliphatic heterocycles. The normalized spacial score (nSPS) is 16.3. The van der Waals surface area contributed by atoms with Gasteiger partial charge in [-0.15, -0.1) is 5.10 Å². The molecule has 1 aromatic carbocycles. The van der Waals surface area contributed by atoms with Crippen LogP contribution in [0.3, 0.4) is 0 Å². The van der Waals surface area contributed by atoms with Crippen LogP contribution in [0.4, 0.5) is 0 Å². The van der Waals surface area contributed by atoms with Gasteiger partial charge in [-0.05, 0) is 34.2 Å². The van der Waals surface area contributed by atoms with Gasteiger partial charge in [0.25, 0.3) is 0 Å². The van der Waals surface area contributed by atoms with Crippen LogP contribution in [-0.2, 0) is 19.4 Å². The Bertz CT molecular complexity index is 746. The molecule has 1 aliphatic rings. The molecule has 0 aliphatic carbocycles. The first-order chi connectivity index (χ1) is 10.9. The molecule has 1 unspecified atom stereocenters. The first-order valence-corrected chi connectivity index (χ1v) is 7.28. The lowest BCUT2D eigenvalue weighted by molar-refractivity contribution is 0.200. The van der Waals surface area contributed by atoms with Gasteiger partial charge in [0.2, 0.25) is 0 Å². The third-order valence-electron chi connectivity index (χ3n) is 3.76. The number of rotatable bonds is 4. The van der Waals surface area contributed by atoms with Gasteiger partial charge in [0, 0.05) is 18.3 Å². The van der Waals surface area contributed by atoms with E-state index < -0.39 is 0 Å². The highest BCUT2D eigenvalue weighted by atomic mass is 16.5. The third-order valence-corrected chi connectivity index (χ3v) is 3.76. The fourth-order valence-electron chi connectivity index (χ4n) is 2.70. The van der Waals surface area contributed by atoms with Crippen LogP contribution in [0.25, 0.3) is 0 Å². The van der Waals surface area contributed by atoms with Crippen molar-refractivity contribution in [1.82, 2.24) is 25.2 Å². The van der Waals surface area contributed by atoms with Crippen molar-refractivity contribution in [3.63, 3.8) is 0 Å². The van der Waals surface area contributed by atoms with Crippen LogP contribution in [0.1, 0.15) is 17.1 Å². The topological polar surface area (TPSA) is 65.7 Å². The molecule has 110 valence electrons. The number of hydrogen-bond acceptors (Lipinski definition) is 5. The molecule has 0 amide bonds. The molecule has 6 heteroatoms. The average Bonchev–Trinajstić information content (AvgIpc) is 3.15. The number of tetrazole rings is 1. The summed E-state index contributed by atoms with van der Waals surface area (Å²) in [6, 6.07) is 14.0. The summed E-state index contributed by atoms with van der Waals surface area (Å²) >= 11 is 0. The van der Waals surface area contributed by atoms with Crippen molar-refractivity contribution in [1.29, 1.82) is 0 Å². The van der Waals surface area contributed by atoms with E-state index in [0.717, 1.165) is 23.7 Å². The Labute approximate surface area is 127 Å². The zero-order chi connectivity index (χ0) is 14.8. The zero-order valence-corrected chi connectivity index (χ0v) is 12.0. The molecule has 3 heterocycles. The lowest BCUT2D eigenvalue weighted by atomic mass is 10.1. The molecule has 6 nitrogen and oxygen atoms in total. The van der Waals surface area contributed by atoms with E-state index in [-0.39, 0.29) is 6.10 Å². The molecule has 1 atom stereocenters. The number of fused-ring (bicyclic) bond motifs is 1. The van der Waals surface area contributed by atoms with E-state index >= 15 is 0 Å². The average molecular weight is 293 g/mol. The van der Waals surface area contributed by atoms with Gasteiger partial charge in [0.15, 0.2) is 5.82 Å². The maximum Gasteiger partial charge on any atom is 0.157 e. The van der Waals surface area contributed by atoms with E-state index in [4.69, 9.17) is 4.74 Å². The SMILES string of the molecule is c1ccc(Cc2nnnn2CC2Cc3ccccc3O2)nc1. The van der Waals surface area contributed by atoms with Gasteiger partial charge >= 0.3 is 0 Å². The highest BCUT2D eigenvalue weighted by Gasteiger charge is 2.24. The molecule has 0 saturated carbocycles. The van der Waals surface area contributed by atoms with Crippen molar-refractivity contribution in [2.45, 2.75) is 25.5 Å². The summed E-state index contributed by atoms with van der Waals surface area (Å²) in [5.41, 5.74) is 2.20. The van der Waals surface area contributed by atoms with Gasteiger partial charge < -0.3 is 4.74 Å². The molecule has 0 saturated heterocycles. The Morgan fingerprint density at radius 1 is 1.14 bits per heavy atom. The summed E-state index contributed by atoms with van der Waals surface area (Å²) < 4.78 is 7.76. The van der Waals surface area contributed by atoms with Crippen molar-refractivity contribution in [3.05, 3.63) is 65.7 Å². The fraction of sp³-hybridized carbons (Fsp3) is 0.250.